The summed E-state index contributed by atoms with van der Waals surface area (Å²) in [5.41, 5.74) is -3.24. The van der Waals surface area contributed by atoms with Crippen LogP contribution in [0.3, 0.4) is 0 Å². The first-order valence-electron chi connectivity index (χ1n) is 13.6. The fourth-order valence-corrected chi connectivity index (χ4v) is 3.62. The molecule has 2 unspecified atom stereocenters. The highest BCUT2D eigenvalue weighted by molar-refractivity contribution is 5.79. The number of ether oxygens (including phenoxy) is 7. The van der Waals surface area contributed by atoms with Crippen molar-refractivity contribution in [2.24, 2.45) is 5.41 Å². The number of methoxy groups -OCH3 is 1. The van der Waals surface area contributed by atoms with Crippen molar-refractivity contribution in [2.75, 3.05) is 33.5 Å². The highest BCUT2D eigenvalue weighted by Gasteiger charge is 2.81. The Hall–Kier alpha value is -3.74. The van der Waals surface area contributed by atoms with Crippen LogP contribution in [0.1, 0.15) is 11.9 Å². The monoisotopic (exact) mass is 878 g/mol. The van der Waals surface area contributed by atoms with E-state index < -0.39 is 111 Å². The Morgan fingerprint density at radius 1 is 0.571 bits per heavy atom. The molecule has 1 aliphatic heterocycles. The van der Waals surface area contributed by atoms with Crippen LogP contribution in [0.2, 0.25) is 0 Å². The normalized spacial score (nSPS) is 21.8. The lowest BCUT2D eigenvalue weighted by molar-refractivity contribution is -0.475. The van der Waals surface area contributed by atoms with E-state index in [-0.39, 0.29) is 11.3 Å². The zero-order valence-corrected chi connectivity index (χ0v) is 26.2. The fraction of sp³-hybridized carbons (Fsp3) is 0.680. The second-order valence-corrected chi connectivity index (χ2v) is 10.9. The molecule has 2 atom stereocenters. The van der Waals surface area contributed by atoms with Crippen LogP contribution < -0.4 is 4.74 Å². The van der Waals surface area contributed by atoms with Crippen molar-refractivity contribution in [3.05, 3.63) is 29.8 Å². The lowest BCUT2D eigenvalue weighted by Crippen LogP contribution is -2.62. The van der Waals surface area contributed by atoms with Crippen molar-refractivity contribution in [1.82, 2.24) is 0 Å². The third-order valence-electron chi connectivity index (χ3n) is 6.72. The number of benzene rings is 1. The standard InChI is InChI=1S/C25H16F22O9/c1-50-11-4-2-10(3-5-11)12-51-6-15(7-52-12,8-53-13(48)16(26,20(32,33)34)55-24(44,45)18(28,29)22(38,39)40)9-54-14(49)17(27,21(35,36)37)56-25(46,47)19(30,31)23(41,42)43/h2-5,12H,6-9H2,1H3. The number of rotatable bonds is 14. The van der Waals surface area contributed by atoms with E-state index in [9.17, 15) is 106 Å². The highest BCUT2D eigenvalue weighted by atomic mass is 19.4. The Morgan fingerprint density at radius 3 is 1.16 bits per heavy atom. The molecule has 324 valence electrons. The van der Waals surface area contributed by atoms with E-state index in [1.54, 1.807) is 0 Å². The van der Waals surface area contributed by atoms with Gasteiger partial charge in [-0.3, -0.25) is 9.47 Å². The molecule has 0 N–H and O–H groups in total. The summed E-state index contributed by atoms with van der Waals surface area (Å²) >= 11 is 0. The van der Waals surface area contributed by atoms with Gasteiger partial charge in [-0.05, 0) is 12.1 Å². The van der Waals surface area contributed by atoms with Gasteiger partial charge in [-0.25, -0.2) is 9.59 Å². The molecule has 0 spiro atoms. The van der Waals surface area contributed by atoms with E-state index in [1.165, 1.54) is 12.1 Å². The molecule has 1 aromatic rings. The Morgan fingerprint density at radius 2 is 0.893 bits per heavy atom. The minimum atomic E-state index is -7.69. The van der Waals surface area contributed by atoms with Crippen LogP contribution in [0.15, 0.2) is 24.3 Å². The first-order valence-corrected chi connectivity index (χ1v) is 13.6. The van der Waals surface area contributed by atoms with Gasteiger partial charge in [0.25, 0.3) is 0 Å². The molecule has 1 saturated heterocycles. The van der Waals surface area contributed by atoms with Crippen molar-refractivity contribution in [3.8, 4) is 5.75 Å². The largest absolute Gasteiger partial charge is 0.497 e. The van der Waals surface area contributed by atoms with E-state index in [4.69, 9.17) is 14.2 Å². The van der Waals surface area contributed by atoms with Gasteiger partial charge in [0.1, 0.15) is 19.0 Å². The summed E-state index contributed by atoms with van der Waals surface area (Å²) in [6, 6.07) is 4.58. The van der Waals surface area contributed by atoms with Gasteiger partial charge in [-0.15, -0.1) is 0 Å². The maximum atomic E-state index is 14.7. The zero-order chi connectivity index (χ0) is 44.0. The van der Waals surface area contributed by atoms with Crippen LogP contribution in [0.4, 0.5) is 96.6 Å². The number of alkyl halides is 22. The lowest BCUT2D eigenvalue weighted by atomic mass is 9.91. The van der Waals surface area contributed by atoms with Crippen LogP contribution >= 0.6 is 0 Å². The average molecular weight is 878 g/mol. The topological polar surface area (TPSA) is 98.8 Å². The lowest BCUT2D eigenvalue weighted by Gasteiger charge is -2.40. The first-order chi connectivity index (χ1) is 24.8. The van der Waals surface area contributed by atoms with Gasteiger partial charge < -0.3 is 23.7 Å². The second-order valence-electron chi connectivity index (χ2n) is 10.9. The number of halogens is 22. The van der Waals surface area contributed by atoms with E-state index in [0.717, 1.165) is 19.2 Å². The van der Waals surface area contributed by atoms with Crippen molar-refractivity contribution >= 4 is 11.9 Å². The third-order valence-corrected chi connectivity index (χ3v) is 6.72. The third kappa shape index (κ3) is 9.34. The summed E-state index contributed by atoms with van der Waals surface area (Å²) in [5.74, 6) is -37.4. The van der Waals surface area contributed by atoms with Crippen LogP contribution in [0, 0.1) is 5.41 Å². The van der Waals surface area contributed by atoms with Crippen molar-refractivity contribution < 1.29 is 139 Å². The number of hydrogen-bond donors (Lipinski definition) is 0. The summed E-state index contributed by atoms with van der Waals surface area (Å²) in [5, 5.41) is 0. The summed E-state index contributed by atoms with van der Waals surface area (Å²) in [6.07, 6.45) is -46.8. The Balaban J connectivity index is 2.53. The Bertz CT molecular complexity index is 1450. The highest BCUT2D eigenvalue weighted by Crippen LogP contribution is 2.53. The summed E-state index contributed by atoms with van der Waals surface area (Å²) in [7, 11) is 1.16. The maximum absolute atomic E-state index is 14.7. The average Bonchev–Trinajstić information content (AvgIpc) is 3.03. The summed E-state index contributed by atoms with van der Waals surface area (Å²) in [6.45, 7) is -7.80. The molecule has 0 saturated carbocycles. The van der Waals surface area contributed by atoms with Crippen molar-refractivity contribution in [2.45, 2.75) is 66.8 Å². The molecule has 56 heavy (non-hydrogen) atoms. The molecular weight excluding hydrogens is 862 g/mol. The van der Waals surface area contributed by atoms with Gasteiger partial charge in [-0.1, -0.05) is 12.1 Å². The smallest absolute Gasteiger partial charge is 0.462 e. The maximum Gasteiger partial charge on any atom is 0.462 e. The number of carbonyl (C=O) groups excluding carboxylic acids is 2. The molecular formula is C25H16F22O9. The van der Waals surface area contributed by atoms with E-state index >= 15 is 0 Å². The molecule has 0 aromatic heterocycles. The van der Waals surface area contributed by atoms with Crippen molar-refractivity contribution in [1.29, 1.82) is 0 Å². The van der Waals surface area contributed by atoms with E-state index in [1.807, 2.05) is 9.47 Å². The molecule has 1 heterocycles. The van der Waals surface area contributed by atoms with Gasteiger partial charge in [-0.2, -0.15) is 96.6 Å². The molecule has 1 aromatic carbocycles. The Labute approximate surface area is 293 Å². The molecule has 0 bridgehead atoms. The predicted octanol–water partition coefficient (Wildman–Crippen LogP) is 7.88. The SMILES string of the molecule is COc1ccc(C2OCC(COC(=O)C(F)(OC(F)(F)C(F)(F)C(F)(F)F)C(F)(F)F)(COC(=O)C(F)(OC(F)(F)C(F)(F)C(F)(F)F)C(F)(F)F)CO2)cc1. The first kappa shape index (κ1) is 48.4. The quantitative estimate of drug-likeness (QED) is 0.137. The van der Waals surface area contributed by atoms with Crippen LogP contribution in [0.25, 0.3) is 0 Å². The zero-order valence-electron chi connectivity index (χ0n) is 26.2. The van der Waals surface area contributed by atoms with Crippen molar-refractivity contribution in [3.63, 3.8) is 0 Å². The Kier molecular flexibility index (Phi) is 13.2. The fourth-order valence-electron chi connectivity index (χ4n) is 3.62. The molecule has 1 fully saturated rings. The van der Waals surface area contributed by atoms with E-state index in [0.29, 0.717) is 0 Å². The van der Waals surface area contributed by atoms with Gasteiger partial charge in [0.05, 0.1) is 25.7 Å². The van der Waals surface area contributed by atoms with Gasteiger partial charge in [0, 0.05) is 5.56 Å². The molecule has 0 amide bonds. The van der Waals surface area contributed by atoms with Gasteiger partial charge in [0.2, 0.25) is 0 Å². The molecule has 1 aliphatic rings. The number of esters is 2. The molecule has 0 aliphatic carbocycles. The van der Waals surface area contributed by atoms with Gasteiger partial charge in [0.15, 0.2) is 6.29 Å². The van der Waals surface area contributed by atoms with Gasteiger partial charge >= 0.3 is 72.4 Å². The van der Waals surface area contributed by atoms with E-state index in [2.05, 4.69) is 9.47 Å². The molecule has 9 nitrogen and oxygen atoms in total. The summed E-state index contributed by atoms with van der Waals surface area (Å²) in [4.78, 5) is 24.2. The second kappa shape index (κ2) is 15.2. The predicted molar refractivity (Wildman–Crippen MR) is 126 cm³/mol. The summed E-state index contributed by atoms with van der Waals surface area (Å²) < 4.78 is 318. The molecule has 2 rings (SSSR count). The van der Waals surface area contributed by atoms with Crippen LogP contribution in [-0.2, 0) is 38.0 Å². The minimum absolute atomic E-state index is 0.101. The molecule has 31 heteroatoms. The van der Waals surface area contributed by atoms with Crippen LogP contribution in [0.5, 0.6) is 5.75 Å². The number of carbonyl (C=O) groups is 2. The number of hydrogen-bond acceptors (Lipinski definition) is 9. The minimum Gasteiger partial charge on any atom is -0.497 e. The van der Waals surface area contributed by atoms with Crippen LogP contribution in [-0.4, -0.2) is 106 Å². The molecule has 0 radical (unpaired) electrons.